The summed E-state index contributed by atoms with van der Waals surface area (Å²) in [5, 5.41) is 10.2. The fourth-order valence-corrected chi connectivity index (χ4v) is 1.88. The highest BCUT2D eigenvalue weighted by molar-refractivity contribution is 5.35. The maximum atomic E-state index is 5.64. The number of hydrogen-bond donors (Lipinski definition) is 2. The zero-order valence-electron chi connectivity index (χ0n) is 10.8. The molecular weight excluding hydrogens is 226 g/mol. The predicted octanol–water partition coefficient (Wildman–Crippen LogP) is 2.66. The van der Waals surface area contributed by atoms with E-state index in [-0.39, 0.29) is 6.04 Å². The van der Waals surface area contributed by atoms with Gasteiger partial charge in [0, 0.05) is 29.9 Å². The molecule has 1 aromatic carbocycles. The highest BCUT2D eigenvalue weighted by Gasteiger charge is 2.10. The van der Waals surface area contributed by atoms with Gasteiger partial charge in [0.1, 0.15) is 5.75 Å². The minimum absolute atomic E-state index is 0.239. The second-order valence-electron chi connectivity index (χ2n) is 4.18. The number of nitrogens with one attached hydrogen (secondary N) is 2. The summed E-state index contributed by atoms with van der Waals surface area (Å²) in [4.78, 5) is 0. The molecule has 2 aromatic rings. The van der Waals surface area contributed by atoms with Crippen molar-refractivity contribution >= 4 is 0 Å². The molecule has 1 unspecified atom stereocenters. The maximum Gasteiger partial charge on any atom is 0.124 e. The van der Waals surface area contributed by atoms with E-state index in [9.17, 15) is 0 Å². The molecule has 4 nitrogen and oxygen atoms in total. The number of H-pyrrole nitrogens is 1. The number of aromatic amines is 1. The Morgan fingerprint density at radius 2 is 2.22 bits per heavy atom. The van der Waals surface area contributed by atoms with Crippen LogP contribution >= 0.6 is 0 Å². The van der Waals surface area contributed by atoms with E-state index >= 15 is 0 Å². The number of rotatable bonds is 6. The Balaban J connectivity index is 2.01. The number of para-hydroxylation sites is 1. The van der Waals surface area contributed by atoms with Crippen LogP contribution in [0.1, 0.15) is 31.0 Å². The van der Waals surface area contributed by atoms with Crippen LogP contribution in [0.5, 0.6) is 5.75 Å². The predicted molar refractivity (Wildman–Crippen MR) is 71.5 cm³/mol. The van der Waals surface area contributed by atoms with Gasteiger partial charge >= 0.3 is 0 Å². The van der Waals surface area contributed by atoms with Gasteiger partial charge in [-0.3, -0.25) is 5.10 Å². The van der Waals surface area contributed by atoms with Gasteiger partial charge in [-0.2, -0.15) is 5.10 Å². The van der Waals surface area contributed by atoms with Gasteiger partial charge in [-0.25, -0.2) is 0 Å². The topological polar surface area (TPSA) is 49.9 Å². The summed E-state index contributed by atoms with van der Waals surface area (Å²) in [6.45, 7) is 5.61. The van der Waals surface area contributed by atoms with Gasteiger partial charge in [-0.05, 0) is 19.9 Å². The molecule has 1 heterocycles. The number of benzene rings is 1. The van der Waals surface area contributed by atoms with Gasteiger partial charge in [0.05, 0.1) is 12.8 Å². The number of aromatic nitrogens is 2. The van der Waals surface area contributed by atoms with Gasteiger partial charge in [0.15, 0.2) is 0 Å². The van der Waals surface area contributed by atoms with Crippen molar-refractivity contribution in [1.82, 2.24) is 15.5 Å². The Morgan fingerprint density at radius 3 is 2.94 bits per heavy atom. The molecule has 0 aliphatic heterocycles. The average Bonchev–Trinajstić information content (AvgIpc) is 2.90. The standard InChI is InChI=1S/C14H19N3O/c1-3-18-14-7-5-4-6-13(14)11(2)15-8-12-9-16-17-10-12/h4-7,9-11,15H,3,8H2,1-2H3,(H,16,17). The summed E-state index contributed by atoms with van der Waals surface area (Å²) in [5.41, 5.74) is 2.33. The van der Waals surface area contributed by atoms with Crippen molar-refractivity contribution in [3.05, 3.63) is 47.8 Å². The van der Waals surface area contributed by atoms with E-state index in [1.54, 1.807) is 0 Å². The van der Waals surface area contributed by atoms with E-state index in [1.807, 2.05) is 37.5 Å². The first kappa shape index (κ1) is 12.6. The van der Waals surface area contributed by atoms with Crippen molar-refractivity contribution in [2.45, 2.75) is 26.4 Å². The fourth-order valence-electron chi connectivity index (χ4n) is 1.88. The molecule has 0 spiro atoms. The maximum absolute atomic E-state index is 5.64. The first-order valence-electron chi connectivity index (χ1n) is 6.24. The highest BCUT2D eigenvalue weighted by Crippen LogP contribution is 2.24. The molecule has 4 heteroatoms. The number of hydrogen-bond acceptors (Lipinski definition) is 3. The Morgan fingerprint density at radius 1 is 1.39 bits per heavy atom. The first-order chi connectivity index (χ1) is 8.81. The third-order valence-electron chi connectivity index (χ3n) is 2.85. The average molecular weight is 245 g/mol. The second kappa shape index (κ2) is 6.21. The molecule has 0 fully saturated rings. The van der Waals surface area contributed by atoms with Crippen molar-refractivity contribution in [2.75, 3.05) is 6.61 Å². The van der Waals surface area contributed by atoms with Gasteiger partial charge in [0.25, 0.3) is 0 Å². The third kappa shape index (κ3) is 3.11. The van der Waals surface area contributed by atoms with Crippen LogP contribution < -0.4 is 10.1 Å². The Hall–Kier alpha value is -1.81. The first-order valence-corrected chi connectivity index (χ1v) is 6.24. The van der Waals surface area contributed by atoms with Crippen LogP contribution in [0.4, 0.5) is 0 Å². The minimum atomic E-state index is 0.239. The summed E-state index contributed by atoms with van der Waals surface area (Å²) in [5.74, 6) is 0.951. The molecule has 2 rings (SSSR count). The second-order valence-corrected chi connectivity index (χ2v) is 4.18. The Kier molecular flexibility index (Phi) is 4.36. The monoisotopic (exact) mass is 245 g/mol. The van der Waals surface area contributed by atoms with Crippen molar-refractivity contribution < 1.29 is 4.74 Å². The number of ether oxygens (including phenoxy) is 1. The van der Waals surface area contributed by atoms with E-state index in [1.165, 1.54) is 5.56 Å². The smallest absolute Gasteiger partial charge is 0.124 e. The zero-order valence-corrected chi connectivity index (χ0v) is 10.8. The summed E-state index contributed by atoms with van der Waals surface area (Å²) >= 11 is 0. The molecule has 0 amide bonds. The largest absolute Gasteiger partial charge is 0.494 e. The van der Waals surface area contributed by atoms with E-state index in [0.717, 1.165) is 17.9 Å². The molecule has 0 saturated heterocycles. The van der Waals surface area contributed by atoms with E-state index in [2.05, 4.69) is 28.5 Å². The van der Waals surface area contributed by atoms with Crippen molar-refractivity contribution in [1.29, 1.82) is 0 Å². The molecule has 0 radical (unpaired) electrons. The van der Waals surface area contributed by atoms with Crippen LogP contribution in [-0.4, -0.2) is 16.8 Å². The molecule has 0 aliphatic rings. The lowest BCUT2D eigenvalue weighted by molar-refractivity contribution is 0.332. The quantitative estimate of drug-likeness (QED) is 0.822. The molecule has 0 bridgehead atoms. The zero-order chi connectivity index (χ0) is 12.8. The van der Waals surface area contributed by atoms with Crippen molar-refractivity contribution in [3.63, 3.8) is 0 Å². The summed E-state index contributed by atoms with van der Waals surface area (Å²) < 4.78 is 5.64. The molecular formula is C14H19N3O. The van der Waals surface area contributed by atoms with E-state index in [4.69, 9.17) is 4.74 Å². The molecule has 96 valence electrons. The van der Waals surface area contributed by atoms with Crippen LogP contribution in [0.15, 0.2) is 36.7 Å². The van der Waals surface area contributed by atoms with Crippen LogP contribution in [0, 0.1) is 0 Å². The summed E-state index contributed by atoms with van der Waals surface area (Å²) in [6, 6.07) is 8.38. The lowest BCUT2D eigenvalue weighted by Crippen LogP contribution is -2.18. The van der Waals surface area contributed by atoms with Crippen LogP contribution in [0.25, 0.3) is 0 Å². The summed E-state index contributed by atoms with van der Waals surface area (Å²) in [7, 11) is 0. The van der Waals surface area contributed by atoms with Crippen LogP contribution in [0.2, 0.25) is 0 Å². The van der Waals surface area contributed by atoms with E-state index < -0.39 is 0 Å². The minimum Gasteiger partial charge on any atom is -0.494 e. The van der Waals surface area contributed by atoms with Gasteiger partial charge in [-0.15, -0.1) is 0 Å². The molecule has 1 atom stereocenters. The lowest BCUT2D eigenvalue weighted by Gasteiger charge is -2.17. The summed E-state index contributed by atoms with van der Waals surface area (Å²) in [6.07, 6.45) is 3.72. The van der Waals surface area contributed by atoms with Crippen LogP contribution in [-0.2, 0) is 6.54 Å². The van der Waals surface area contributed by atoms with Gasteiger partial charge in [-0.1, -0.05) is 18.2 Å². The van der Waals surface area contributed by atoms with Gasteiger partial charge < -0.3 is 10.1 Å². The van der Waals surface area contributed by atoms with Crippen molar-refractivity contribution in [3.8, 4) is 5.75 Å². The molecule has 18 heavy (non-hydrogen) atoms. The Labute approximate surface area is 107 Å². The normalized spacial score (nSPS) is 12.3. The molecule has 1 aromatic heterocycles. The fraction of sp³-hybridized carbons (Fsp3) is 0.357. The van der Waals surface area contributed by atoms with Crippen LogP contribution in [0.3, 0.4) is 0 Å². The Bertz CT molecular complexity index is 468. The highest BCUT2D eigenvalue weighted by atomic mass is 16.5. The van der Waals surface area contributed by atoms with Crippen molar-refractivity contribution in [2.24, 2.45) is 0 Å². The molecule has 0 aliphatic carbocycles. The third-order valence-corrected chi connectivity index (χ3v) is 2.85. The van der Waals surface area contributed by atoms with Gasteiger partial charge in [0.2, 0.25) is 0 Å². The molecule has 2 N–H and O–H groups in total. The lowest BCUT2D eigenvalue weighted by atomic mass is 10.1. The molecule has 0 saturated carbocycles. The number of nitrogens with zero attached hydrogens (tertiary/aromatic N) is 1. The van der Waals surface area contributed by atoms with E-state index in [0.29, 0.717) is 6.61 Å². The SMILES string of the molecule is CCOc1ccccc1C(C)NCc1cn[nH]c1.